The zero-order valence-corrected chi connectivity index (χ0v) is 45.6. The Kier molecular flexibility index (Phi) is 17.1. The molecule has 8 aliphatic rings. The van der Waals surface area contributed by atoms with Gasteiger partial charge in [-0.1, -0.05) is 101 Å². The maximum atomic E-state index is 12.4. The molecule has 0 N–H and O–H groups in total. The highest BCUT2D eigenvalue weighted by Gasteiger charge is 2.67. The van der Waals surface area contributed by atoms with Gasteiger partial charge in [0.1, 0.15) is 12.2 Å². The van der Waals surface area contributed by atoms with Gasteiger partial charge in [-0.25, -0.2) is 0 Å². The summed E-state index contributed by atoms with van der Waals surface area (Å²) in [6, 6.07) is 4.44. The molecule has 382 valence electrons. The van der Waals surface area contributed by atoms with Gasteiger partial charge in [0, 0.05) is 38.2 Å². The smallest absolute Gasteiger partial charge is 0.302 e. The van der Waals surface area contributed by atoms with Crippen molar-refractivity contribution in [3.8, 4) is 12.1 Å². The number of carbonyl (C=O) groups excluding carboxylic acids is 2. The van der Waals surface area contributed by atoms with Crippen molar-refractivity contribution in [3.05, 3.63) is 12.2 Å². The van der Waals surface area contributed by atoms with Crippen LogP contribution in [-0.2, 0) is 19.1 Å². The minimum atomic E-state index is -0.0749. The Morgan fingerprint density at radius 2 is 1.03 bits per heavy atom. The molecule has 0 heterocycles. The summed E-state index contributed by atoms with van der Waals surface area (Å²) in [6.07, 6.45) is 31.2. The topological polar surface area (TPSA) is 100 Å². The molecule has 0 spiro atoms. The SMILES string of the molecule is CC[C@H]1[C@@H](OC(C)=O)[C@@H]2[C@H](CC[C@]3(C)[C@@H]([C@H](C)CC/C=C/C#N)CC[C@@H]23)[C@@]2(C)CC[C@@H](C)C[C@@H]12.CC[C@H]1[C@@H](OC(C)=O)[C@@H]2[C@H](CC[C@]3(C)[C@@H]([C@H](C)CCCCC#N)CC[C@@H]23)[C@@]2(C)CC[C@@H](C)C[C@@H]12. The highest BCUT2D eigenvalue weighted by atomic mass is 16.5. The zero-order valence-electron chi connectivity index (χ0n) is 45.6. The average Bonchev–Trinajstić information content (AvgIpc) is 3.84. The summed E-state index contributed by atoms with van der Waals surface area (Å²) in [5, 5.41) is 17.7. The molecule has 6 nitrogen and oxygen atoms in total. The molecule has 0 unspecified atom stereocenters. The van der Waals surface area contributed by atoms with Crippen molar-refractivity contribution in [1.29, 1.82) is 10.5 Å². The summed E-state index contributed by atoms with van der Waals surface area (Å²) in [7, 11) is 0. The number of rotatable bonds is 13. The van der Waals surface area contributed by atoms with Crippen molar-refractivity contribution in [2.75, 3.05) is 0 Å². The third-order valence-electron chi connectivity index (χ3n) is 23.6. The van der Waals surface area contributed by atoms with E-state index in [-0.39, 0.29) is 24.1 Å². The Balaban J connectivity index is 0.000000201. The number of hydrogen-bond donors (Lipinski definition) is 0. The molecule has 8 fully saturated rings. The van der Waals surface area contributed by atoms with E-state index in [1.54, 1.807) is 19.9 Å². The normalized spacial score (nSPS) is 46.6. The highest BCUT2D eigenvalue weighted by molar-refractivity contribution is 5.66. The van der Waals surface area contributed by atoms with Crippen LogP contribution in [0.5, 0.6) is 0 Å². The van der Waals surface area contributed by atoms with E-state index in [1.807, 2.05) is 6.08 Å². The fourth-order valence-electron chi connectivity index (χ4n) is 20.5. The van der Waals surface area contributed by atoms with Gasteiger partial charge in [-0.05, 0) is 214 Å². The van der Waals surface area contributed by atoms with Gasteiger partial charge in [-0.2, -0.15) is 10.5 Å². The van der Waals surface area contributed by atoms with Crippen molar-refractivity contribution < 1.29 is 19.1 Å². The summed E-state index contributed by atoms with van der Waals surface area (Å²) in [4.78, 5) is 24.8. The second-order valence-electron chi connectivity index (χ2n) is 26.8. The number of hydrogen-bond acceptors (Lipinski definition) is 6. The first kappa shape index (κ1) is 53.5. The zero-order chi connectivity index (χ0) is 49.3. The van der Waals surface area contributed by atoms with Crippen LogP contribution in [0.15, 0.2) is 12.2 Å². The van der Waals surface area contributed by atoms with Gasteiger partial charge < -0.3 is 9.47 Å². The lowest BCUT2D eigenvalue weighted by Crippen LogP contribution is -2.62. The maximum Gasteiger partial charge on any atom is 0.302 e. The van der Waals surface area contributed by atoms with E-state index in [1.165, 1.54) is 109 Å². The quantitative estimate of drug-likeness (QED) is 0.104. The number of nitriles is 2. The molecular formula is C62H100N2O4. The van der Waals surface area contributed by atoms with Gasteiger partial charge in [0.15, 0.2) is 0 Å². The number of fused-ring (bicyclic) bond motifs is 10. The van der Waals surface area contributed by atoms with E-state index in [4.69, 9.17) is 20.0 Å². The van der Waals surface area contributed by atoms with Crippen LogP contribution in [0.4, 0.5) is 0 Å². The number of allylic oxidation sites excluding steroid dienone is 2. The Labute approximate surface area is 417 Å². The molecule has 0 amide bonds. The molecular weight excluding hydrogens is 837 g/mol. The van der Waals surface area contributed by atoms with Crippen LogP contribution in [-0.4, -0.2) is 24.1 Å². The van der Waals surface area contributed by atoms with E-state index in [2.05, 4.69) is 81.4 Å². The summed E-state index contributed by atoms with van der Waals surface area (Å²) in [6.45, 7) is 28.3. The molecule has 68 heavy (non-hydrogen) atoms. The lowest BCUT2D eigenvalue weighted by molar-refractivity contribution is -0.214. The third kappa shape index (κ3) is 9.81. The van der Waals surface area contributed by atoms with Crippen LogP contribution in [0.2, 0.25) is 0 Å². The summed E-state index contributed by atoms with van der Waals surface area (Å²) < 4.78 is 12.7. The number of unbranched alkanes of at least 4 members (excludes halogenated alkanes) is 2. The highest BCUT2D eigenvalue weighted by Crippen LogP contribution is 2.72. The first-order valence-electron chi connectivity index (χ1n) is 29.1. The van der Waals surface area contributed by atoms with E-state index < -0.39 is 0 Å². The van der Waals surface area contributed by atoms with Gasteiger partial charge >= 0.3 is 11.9 Å². The Hall–Kier alpha value is -2.34. The number of esters is 2. The van der Waals surface area contributed by atoms with Crippen LogP contribution >= 0.6 is 0 Å². The fourth-order valence-corrected chi connectivity index (χ4v) is 20.5. The number of carbonyl (C=O) groups is 2. The second kappa shape index (κ2) is 21.8. The molecule has 0 aliphatic heterocycles. The molecule has 22 atom stereocenters. The lowest BCUT2D eigenvalue weighted by Gasteiger charge is -2.65. The van der Waals surface area contributed by atoms with Crippen LogP contribution in [0.3, 0.4) is 0 Å². The van der Waals surface area contributed by atoms with Crippen LogP contribution in [0.1, 0.15) is 224 Å². The van der Waals surface area contributed by atoms with E-state index in [0.29, 0.717) is 93.2 Å². The molecule has 0 aromatic carbocycles. The average molecular weight is 937 g/mol. The second-order valence-corrected chi connectivity index (χ2v) is 26.8. The van der Waals surface area contributed by atoms with Gasteiger partial charge in [0.2, 0.25) is 0 Å². The first-order valence-corrected chi connectivity index (χ1v) is 29.1. The van der Waals surface area contributed by atoms with E-state index in [9.17, 15) is 9.59 Å². The Bertz CT molecular complexity index is 1850. The molecule has 8 saturated carbocycles. The molecule has 0 saturated heterocycles. The van der Waals surface area contributed by atoms with Crippen LogP contribution in [0, 0.1) is 139 Å². The summed E-state index contributed by atoms with van der Waals surface area (Å²) >= 11 is 0. The largest absolute Gasteiger partial charge is 0.462 e. The molecule has 8 rings (SSSR count). The predicted molar refractivity (Wildman–Crippen MR) is 275 cm³/mol. The minimum absolute atomic E-state index is 0.0673. The molecule has 0 aromatic heterocycles. The summed E-state index contributed by atoms with van der Waals surface area (Å²) in [5.41, 5.74) is 1.54. The molecule has 0 aromatic rings. The fraction of sp³-hybridized carbons (Fsp3) is 0.903. The minimum Gasteiger partial charge on any atom is -0.462 e. The van der Waals surface area contributed by atoms with Crippen molar-refractivity contribution >= 4 is 11.9 Å². The summed E-state index contributed by atoms with van der Waals surface area (Å²) in [5.74, 6) is 10.6. The standard InChI is InChI=1S/C31H51NO2.C31H49NO2/c2*1-7-23-27-19-20(2)14-16-31(27,6)26-15-17-30(5)24(21(3)11-9-8-10-18-32)12-13-25(30)28(26)29(23)34-22(4)33/h20-21,23-29H,7-17,19H2,1-6H3;8,10,20-21,23-29H,7,9,11-17,19H2,1-6H3/b;10-8+/t2*20-,21-,23-,24-,25+,26+,27+,28+,29-,30-,31-/m11/s1. The van der Waals surface area contributed by atoms with Crippen LogP contribution < -0.4 is 0 Å². The van der Waals surface area contributed by atoms with Crippen LogP contribution in [0.25, 0.3) is 0 Å². The first-order chi connectivity index (χ1) is 32.3. The predicted octanol–water partition coefficient (Wildman–Crippen LogP) is 16.1. The number of ether oxygens (including phenoxy) is 2. The molecule has 0 bridgehead atoms. The van der Waals surface area contributed by atoms with Crippen molar-refractivity contribution in [2.45, 2.75) is 237 Å². The van der Waals surface area contributed by atoms with Gasteiger partial charge in [0.05, 0.1) is 12.1 Å². The van der Waals surface area contributed by atoms with Crippen molar-refractivity contribution in [2.24, 2.45) is 116 Å². The van der Waals surface area contributed by atoms with Gasteiger partial charge in [-0.15, -0.1) is 0 Å². The lowest BCUT2D eigenvalue weighted by atomic mass is 9.41. The number of nitrogens with zero attached hydrogens (tertiary/aromatic N) is 2. The monoisotopic (exact) mass is 937 g/mol. The Morgan fingerprint density at radius 1 is 0.603 bits per heavy atom. The van der Waals surface area contributed by atoms with E-state index >= 15 is 0 Å². The van der Waals surface area contributed by atoms with Crippen molar-refractivity contribution in [3.63, 3.8) is 0 Å². The molecule has 6 heteroatoms. The maximum absolute atomic E-state index is 12.4. The van der Waals surface area contributed by atoms with E-state index in [0.717, 1.165) is 55.3 Å². The molecule has 0 radical (unpaired) electrons. The van der Waals surface area contributed by atoms with Crippen molar-refractivity contribution in [1.82, 2.24) is 0 Å². The van der Waals surface area contributed by atoms with Gasteiger partial charge in [0.25, 0.3) is 0 Å². The van der Waals surface area contributed by atoms with Gasteiger partial charge in [-0.3, -0.25) is 9.59 Å². The third-order valence-corrected chi connectivity index (χ3v) is 23.6. The Morgan fingerprint density at radius 3 is 1.44 bits per heavy atom. The molecule has 8 aliphatic carbocycles.